The second-order valence-corrected chi connectivity index (χ2v) is 8.91. The zero-order valence-electron chi connectivity index (χ0n) is 15.5. The number of hydrogen-bond donors (Lipinski definition) is 0. The molecule has 1 atom stereocenters. The van der Waals surface area contributed by atoms with Crippen molar-refractivity contribution in [1.29, 1.82) is 0 Å². The Hall–Kier alpha value is -1.70. The molecule has 1 saturated heterocycles. The fraction of sp³-hybridized carbons (Fsp3) is 0.526. The lowest BCUT2D eigenvalue weighted by atomic mass is 10.1. The molecule has 0 N–H and O–H groups in total. The third-order valence-electron chi connectivity index (χ3n) is 4.92. The van der Waals surface area contributed by atoms with Gasteiger partial charge in [0, 0.05) is 20.2 Å². The van der Waals surface area contributed by atoms with Crippen molar-refractivity contribution < 1.29 is 13.2 Å². The molecule has 0 radical (unpaired) electrons. The lowest BCUT2D eigenvalue weighted by molar-refractivity contribution is 0.0277. The second-order valence-electron chi connectivity index (χ2n) is 6.74. The molecule has 26 heavy (non-hydrogen) atoms. The summed E-state index contributed by atoms with van der Waals surface area (Å²) in [4.78, 5) is 6.59. The topological polar surface area (TPSA) is 64.4 Å². The average Bonchev–Trinajstić information content (AvgIpc) is 3.06. The number of hydrogen-bond acceptors (Lipinski definition) is 5. The van der Waals surface area contributed by atoms with Gasteiger partial charge < -0.3 is 9.30 Å². The maximum atomic E-state index is 12.5. The minimum absolute atomic E-state index is 0.0493. The molecule has 1 aromatic heterocycles. The summed E-state index contributed by atoms with van der Waals surface area (Å²) in [5, 5.41) is 0.166. The van der Waals surface area contributed by atoms with E-state index in [4.69, 9.17) is 4.74 Å². The zero-order valence-corrected chi connectivity index (χ0v) is 16.3. The molecule has 2 aromatic rings. The first-order valence-corrected chi connectivity index (χ1v) is 10.7. The Morgan fingerprint density at radius 2 is 2.00 bits per heavy atom. The van der Waals surface area contributed by atoms with Crippen molar-refractivity contribution in [3.05, 3.63) is 47.8 Å². The van der Waals surface area contributed by atoms with Crippen molar-refractivity contribution in [2.45, 2.75) is 44.1 Å². The highest BCUT2D eigenvalue weighted by atomic mass is 32.2. The van der Waals surface area contributed by atoms with Gasteiger partial charge >= 0.3 is 0 Å². The van der Waals surface area contributed by atoms with Gasteiger partial charge in [-0.15, -0.1) is 0 Å². The van der Waals surface area contributed by atoms with Crippen LogP contribution in [0.4, 0.5) is 0 Å². The summed E-state index contributed by atoms with van der Waals surface area (Å²) in [6.07, 6.45) is 4.12. The maximum Gasteiger partial charge on any atom is 0.228 e. The van der Waals surface area contributed by atoms with Gasteiger partial charge in [-0.25, -0.2) is 13.4 Å². The van der Waals surface area contributed by atoms with Crippen LogP contribution in [0.3, 0.4) is 0 Å². The van der Waals surface area contributed by atoms with Gasteiger partial charge in [0.25, 0.3) is 0 Å². The number of nitrogens with zero attached hydrogens (tertiary/aromatic N) is 3. The second kappa shape index (κ2) is 8.33. The van der Waals surface area contributed by atoms with Crippen molar-refractivity contribution in [2.24, 2.45) is 0 Å². The predicted molar refractivity (Wildman–Crippen MR) is 101 cm³/mol. The van der Waals surface area contributed by atoms with Crippen molar-refractivity contribution in [3.8, 4) is 0 Å². The molecule has 1 aromatic carbocycles. The van der Waals surface area contributed by atoms with Gasteiger partial charge in [0.1, 0.15) is 0 Å². The number of methoxy groups -OCH3 is 1. The van der Waals surface area contributed by atoms with Gasteiger partial charge in [0.05, 0.1) is 30.3 Å². The zero-order chi connectivity index (χ0) is 18.6. The summed E-state index contributed by atoms with van der Waals surface area (Å²) in [7, 11) is -1.63. The highest BCUT2D eigenvalue weighted by molar-refractivity contribution is 7.91. The first kappa shape index (κ1) is 19.1. The van der Waals surface area contributed by atoms with Gasteiger partial charge in [-0.2, -0.15) is 0 Å². The highest BCUT2D eigenvalue weighted by Gasteiger charge is 2.25. The van der Waals surface area contributed by atoms with E-state index >= 15 is 0 Å². The molecule has 0 bridgehead atoms. The number of piperidine rings is 1. The Labute approximate surface area is 155 Å². The highest BCUT2D eigenvalue weighted by Crippen LogP contribution is 2.20. The van der Waals surface area contributed by atoms with Crippen LogP contribution in [0.5, 0.6) is 0 Å². The number of benzene rings is 1. The Bertz CT molecular complexity index is 818. The van der Waals surface area contributed by atoms with Crippen LogP contribution in [0, 0.1) is 0 Å². The summed E-state index contributed by atoms with van der Waals surface area (Å²) in [6, 6.07) is 9.91. The molecule has 1 fully saturated rings. The smallest absolute Gasteiger partial charge is 0.228 e. The van der Waals surface area contributed by atoms with Gasteiger partial charge in [0.2, 0.25) is 15.0 Å². The van der Waals surface area contributed by atoms with E-state index in [9.17, 15) is 8.42 Å². The molecular weight excluding hydrogens is 350 g/mol. The molecule has 1 aliphatic heterocycles. The van der Waals surface area contributed by atoms with E-state index < -0.39 is 9.84 Å². The Morgan fingerprint density at radius 3 is 2.69 bits per heavy atom. The minimum Gasteiger partial charge on any atom is -0.380 e. The van der Waals surface area contributed by atoms with Crippen molar-refractivity contribution >= 4 is 9.84 Å². The predicted octanol–water partition coefficient (Wildman–Crippen LogP) is 2.34. The van der Waals surface area contributed by atoms with Crippen LogP contribution in [0.25, 0.3) is 0 Å². The maximum absolute atomic E-state index is 12.5. The van der Waals surface area contributed by atoms with Crippen LogP contribution in [-0.4, -0.2) is 54.9 Å². The molecule has 1 unspecified atom stereocenters. The van der Waals surface area contributed by atoms with Gasteiger partial charge in [-0.3, -0.25) is 4.90 Å². The standard InChI is InChI=1S/C19H27N3O3S/c1-3-26(23,24)19-20-12-17(14-21-11-7-10-18(15-21)25-2)22(19)13-16-8-5-4-6-9-16/h4-6,8-9,12,18H,3,7,10-11,13-15H2,1-2H3. The fourth-order valence-electron chi connectivity index (χ4n) is 3.41. The SMILES string of the molecule is CCS(=O)(=O)c1ncc(CN2CCCC(OC)C2)n1Cc1ccccc1. The first-order valence-electron chi connectivity index (χ1n) is 9.09. The largest absolute Gasteiger partial charge is 0.380 e. The van der Waals surface area contributed by atoms with E-state index in [0.29, 0.717) is 13.1 Å². The number of likely N-dealkylation sites (tertiary alicyclic amines) is 1. The van der Waals surface area contributed by atoms with E-state index in [0.717, 1.165) is 37.2 Å². The Kier molecular flexibility index (Phi) is 6.11. The molecule has 0 aliphatic carbocycles. The van der Waals surface area contributed by atoms with Crippen LogP contribution in [0.15, 0.2) is 41.7 Å². The third kappa shape index (κ3) is 4.34. The molecule has 2 heterocycles. The van der Waals surface area contributed by atoms with Crippen LogP contribution in [0.2, 0.25) is 0 Å². The summed E-state index contributed by atoms with van der Waals surface area (Å²) in [6.45, 7) is 4.70. The Morgan fingerprint density at radius 1 is 1.23 bits per heavy atom. The van der Waals surface area contributed by atoms with Crippen molar-refractivity contribution in [2.75, 3.05) is 26.0 Å². The number of aromatic nitrogens is 2. The van der Waals surface area contributed by atoms with E-state index in [1.165, 1.54) is 0 Å². The lowest BCUT2D eigenvalue weighted by Gasteiger charge is -2.32. The lowest BCUT2D eigenvalue weighted by Crippen LogP contribution is -2.39. The summed E-state index contributed by atoms with van der Waals surface area (Å²) in [5.74, 6) is 0.0493. The van der Waals surface area contributed by atoms with Crippen LogP contribution >= 0.6 is 0 Å². The number of rotatable bonds is 7. The molecule has 1 aliphatic rings. The average molecular weight is 378 g/mol. The molecule has 3 rings (SSSR count). The summed E-state index contributed by atoms with van der Waals surface area (Å²) < 4.78 is 32.4. The van der Waals surface area contributed by atoms with Crippen LogP contribution < -0.4 is 0 Å². The normalized spacial score (nSPS) is 18.9. The number of ether oxygens (including phenoxy) is 1. The Balaban J connectivity index is 1.89. The molecule has 0 amide bonds. The van der Waals surface area contributed by atoms with Crippen molar-refractivity contribution in [1.82, 2.24) is 14.5 Å². The van der Waals surface area contributed by atoms with Crippen LogP contribution in [-0.2, 0) is 27.7 Å². The molecule has 0 saturated carbocycles. The molecule has 0 spiro atoms. The monoisotopic (exact) mass is 377 g/mol. The van der Waals surface area contributed by atoms with Crippen LogP contribution in [0.1, 0.15) is 31.0 Å². The van der Waals surface area contributed by atoms with Crippen molar-refractivity contribution in [3.63, 3.8) is 0 Å². The molecule has 142 valence electrons. The minimum atomic E-state index is -3.38. The third-order valence-corrected chi connectivity index (χ3v) is 6.57. The van der Waals surface area contributed by atoms with Gasteiger partial charge in [-0.05, 0) is 24.9 Å². The molecular formula is C19H27N3O3S. The summed E-state index contributed by atoms with van der Waals surface area (Å²) >= 11 is 0. The van der Waals surface area contributed by atoms with Gasteiger partial charge in [0.15, 0.2) is 0 Å². The fourth-order valence-corrected chi connectivity index (χ4v) is 4.40. The number of sulfone groups is 1. The van der Waals surface area contributed by atoms with E-state index in [1.807, 2.05) is 34.9 Å². The quantitative estimate of drug-likeness (QED) is 0.741. The van der Waals surface area contributed by atoms with E-state index in [1.54, 1.807) is 20.2 Å². The van der Waals surface area contributed by atoms with Gasteiger partial charge in [-0.1, -0.05) is 37.3 Å². The van der Waals surface area contributed by atoms with E-state index in [-0.39, 0.29) is 17.0 Å². The van der Waals surface area contributed by atoms with E-state index in [2.05, 4.69) is 9.88 Å². The number of imidazole rings is 1. The molecule has 7 heteroatoms. The first-order chi connectivity index (χ1) is 12.5. The summed E-state index contributed by atoms with van der Waals surface area (Å²) in [5.41, 5.74) is 1.99. The molecule has 6 nitrogen and oxygen atoms in total.